The predicted molar refractivity (Wildman–Crippen MR) is 119 cm³/mol. The van der Waals surface area contributed by atoms with E-state index in [1.807, 2.05) is 11.0 Å². The molecule has 2 aromatic carbocycles. The first kappa shape index (κ1) is 20.8. The molecule has 1 amide bonds. The Bertz CT molecular complexity index is 1130. The lowest BCUT2D eigenvalue weighted by atomic mass is 10.2. The third kappa shape index (κ3) is 4.36. The number of benzene rings is 2. The van der Waals surface area contributed by atoms with Crippen molar-refractivity contribution < 1.29 is 13.2 Å². The number of sulfonamides is 1. The van der Waals surface area contributed by atoms with Gasteiger partial charge in [0.2, 0.25) is 5.95 Å². The van der Waals surface area contributed by atoms with Crippen molar-refractivity contribution >= 4 is 27.6 Å². The fourth-order valence-corrected chi connectivity index (χ4v) is 4.65. The summed E-state index contributed by atoms with van der Waals surface area (Å²) in [5, 5.41) is 0. The van der Waals surface area contributed by atoms with Crippen LogP contribution in [0.2, 0.25) is 0 Å². The van der Waals surface area contributed by atoms with Gasteiger partial charge in [-0.15, -0.1) is 0 Å². The summed E-state index contributed by atoms with van der Waals surface area (Å²) in [6, 6.07) is 16.7. The van der Waals surface area contributed by atoms with Gasteiger partial charge in [-0.2, -0.15) is 0 Å². The van der Waals surface area contributed by atoms with Gasteiger partial charge in [0.05, 0.1) is 10.6 Å². The molecule has 1 saturated heterocycles. The van der Waals surface area contributed by atoms with Crippen molar-refractivity contribution in [2.75, 3.05) is 42.4 Å². The summed E-state index contributed by atoms with van der Waals surface area (Å²) in [6.07, 6.45) is 3.40. The Labute approximate surface area is 181 Å². The number of rotatable bonds is 5. The van der Waals surface area contributed by atoms with Gasteiger partial charge in [0.25, 0.3) is 15.9 Å². The molecule has 0 unspecified atom stereocenters. The van der Waals surface area contributed by atoms with Crippen LogP contribution in [-0.2, 0) is 10.0 Å². The number of carbonyl (C=O) groups is 1. The molecule has 31 heavy (non-hydrogen) atoms. The SMILES string of the molecule is CN(c1ccccc1)S(=O)(=O)c1ccc(C(=O)N2CCN(c3ncccn3)CC2)cc1. The first-order valence-corrected chi connectivity index (χ1v) is 11.4. The first-order chi connectivity index (χ1) is 15.0. The van der Waals surface area contributed by atoms with E-state index in [1.54, 1.807) is 59.8 Å². The van der Waals surface area contributed by atoms with E-state index in [-0.39, 0.29) is 10.8 Å². The fourth-order valence-electron chi connectivity index (χ4n) is 3.45. The summed E-state index contributed by atoms with van der Waals surface area (Å²) in [4.78, 5) is 25.3. The van der Waals surface area contributed by atoms with Crippen LogP contribution in [0.15, 0.2) is 78.0 Å². The summed E-state index contributed by atoms with van der Waals surface area (Å²) in [6.45, 7) is 2.38. The molecule has 1 aromatic heterocycles. The largest absolute Gasteiger partial charge is 0.337 e. The van der Waals surface area contributed by atoms with E-state index in [1.165, 1.54) is 23.5 Å². The quantitative estimate of drug-likeness (QED) is 0.609. The van der Waals surface area contributed by atoms with E-state index in [2.05, 4.69) is 9.97 Å². The monoisotopic (exact) mass is 437 g/mol. The number of hydrogen-bond donors (Lipinski definition) is 0. The molecule has 4 rings (SSSR count). The lowest BCUT2D eigenvalue weighted by molar-refractivity contribution is 0.0746. The highest BCUT2D eigenvalue weighted by Crippen LogP contribution is 2.22. The molecule has 0 aliphatic carbocycles. The summed E-state index contributed by atoms with van der Waals surface area (Å²) in [5.74, 6) is 0.542. The number of nitrogens with zero attached hydrogens (tertiary/aromatic N) is 5. The molecule has 0 bridgehead atoms. The predicted octanol–water partition coefficient (Wildman–Crippen LogP) is 2.26. The number of hydrogen-bond acceptors (Lipinski definition) is 6. The lowest BCUT2D eigenvalue weighted by Crippen LogP contribution is -2.49. The van der Waals surface area contributed by atoms with Crippen molar-refractivity contribution in [3.8, 4) is 0 Å². The number of carbonyl (C=O) groups excluding carboxylic acids is 1. The number of para-hydroxylation sites is 1. The van der Waals surface area contributed by atoms with Crippen LogP contribution in [0.25, 0.3) is 0 Å². The van der Waals surface area contributed by atoms with Crippen molar-refractivity contribution in [1.29, 1.82) is 0 Å². The maximum absolute atomic E-state index is 12.9. The highest BCUT2D eigenvalue weighted by Gasteiger charge is 2.25. The Morgan fingerprint density at radius 2 is 1.48 bits per heavy atom. The van der Waals surface area contributed by atoms with Gasteiger partial charge in [0, 0.05) is 51.2 Å². The minimum absolute atomic E-state index is 0.117. The van der Waals surface area contributed by atoms with Gasteiger partial charge < -0.3 is 9.80 Å². The Hall–Kier alpha value is -3.46. The minimum Gasteiger partial charge on any atom is -0.337 e. The number of anilines is 2. The van der Waals surface area contributed by atoms with Crippen LogP contribution in [0, 0.1) is 0 Å². The van der Waals surface area contributed by atoms with E-state index < -0.39 is 10.0 Å². The standard InChI is InChI=1S/C22H23N5O3S/c1-25(19-6-3-2-4-7-19)31(29,30)20-10-8-18(9-11-20)21(28)26-14-16-27(17-15-26)22-23-12-5-13-24-22/h2-13H,14-17H2,1H3. The lowest BCUT2D eigenvalue weighted by Gasteiger charge is -2.34. The van der Waals surface area contributed by atoms with Crippen molar-refractivity contribution in [3.05, 3.63) is 78.6 Å². The van der Waals surface area contributed by atoms with E-state index in [0.717, 1.165) is 0 Å². The molecule has 3 aromatic rings. The molecule has 1 aliphatic heterocycles. The van der Waals surface area contributed by atoms with E-state index in [0.29, 0.717) is 43.4 Å². The van der Waals surface area contributed by atoms with Crippen molar-refractivity contribution in [1.82, 2.24) is 14.9 Å². The van der Waals surface area contributed by atoms with Gasteiger partial charge in [-0.1, -0.05) is 18.2 Å². The number of piperazine rings is 1. The van der Waals surface area contributed by atoms with E-state index >= 15 is 0 Å². The topological polar surface area (TPSA) is 86.7 Å². The zero-order valence-electron chi connectivity index (χ0n) is 17.1. The molecular formula is C22H23N5O3S. The van der Waals surface area contributed by atoms with E-state index in [9.17, 15) is 13.2 Å². The fraction of sp³-hybridized carbons (Fsp3) is 0.227. The van der Waals surface area contributed by atoms with Crippen molar-refractivity contribution in [2.24, 2.45) is 0 Å². The first-order valence-electron chi connectivity index (χ1n) is 9.92. The molecule has 0 spiro atoms. The Balaban J connectivity index is 1.43. The van der Waals surface area contributed by atoms with Crippen LogP contribution < -0.4 is 9.21 Å². The van der Waals surface area contributed by atoms with Gasteiger partial charge in [-0.3, -0.25) is 9.10 Å². The van der Waals surface area contributed by atoms with Gasteiger partial charge in [-0.25, -0.2) is 18.4 Å². The second-order valence-corrected chi connectivity index (χ2v) is 9.13. The highest BCUT2D eigenvalue weighted by molar-refractivity contribution is 7.92. The normalized spacial score (nSPS) is 14.4. The third-order valence-electron chi connectivity index (χ3n) is 5.28. The average Bonchev–Trinajstić information content (AvgIpc) is 2.84. The Morgan fingerprint density at radius 1 is 0.871 bits per heavy atom. The van der Waals surface area contributed by atoms with Crippen molar-refractivity contribution in [3.63, 3.8) is 0 Å². The second-order valence-electron chi connectivity index (χ2n) is 7.16. The summed E-state index contributed by atoms with van der Waals surface area (Å²) >= 11 is 0. The van der Waals surface area contributed by atoms with Gasteiger partial charge in [0.15, 0.2) is 0 Å². The molecule has 1 aliphatic rings. The molecule has 0 atom stereocenters. The number of amides is 1. The van der Waals surface area contributed by atoms with E-state index in [4.69, 9.17) is 0 Å². The molecule has 160 valence electrons. The Morgan fingerprint density at radius 3 is 2.10 bits per heavy atom. The minimum atomic E-state index is -3.71. The highest BCUT2D eigenvalue weighted by atomic mass is 32.2. The molecule has 9 heteroatoms. The van der Waals surface area contributed by atoms with Gasteiger partial charge in [-0.05, 0) is 42.5 Å². The summed E-state index contributed by atoms with van der Waals surface area (Å²) < 4.78 is 27.0. The molecule has 0 radical (unpaired) electrons. The molecule has 1 fully saturated rings. The Kier molecular flexibility index (Phi) is 5.85. The van der Waals surface area contributed by atoms with Gasteiger partial charge >= 0.3 is 0 Å². The molecular weight excluding hydrogens is 414 g/mol. The van der Waals surface area contributed by atoms with Crippen LogP contribution >= 0.6 is 0 Å². The molecule has 2 heterocycles. The molecule has 0 N–H and O–H groups in total. The number of aromatic nitrogens is 2. The van der Waals surface area contributed by atoms with Crippen LogP contribution in [0.5, 0.6) is 0 Å². The maximum Gasteiger partial charge on any atom is 0.264 e. The van der Waals surface area contributed by atoms with Crippen molar-refractivity contribution in [2.45, 2.75) is 4.90 Å². The van der Waals surface area contributed by atoms with Crippen LogP contribution in [0.4, 0.5) is 11.6 Å². The average molecular weight is 438 g/mol. The molecule has 0 saturated carbocycles. The van der Waals surface area contributed by atoms with Crippen LogP contribution in [0.1, 0.15) is 10.4 Å². The summed E-state index contributed by atoms with van der Waals surface area (Å²) in [5.41, 5.74) is 1.04. The maximum atomic E-state index is 12.9. The smallest absolute Gasteiger partial charge is 0.264 e. The summed E-state index contributed by atoms with van der Waals surface area (Å²) in [7, 11) is -2.20. The second kappa shape index (κ2) is 8.73. The molecule has 8 nitrogen and oxygen atoms in total. The van der Waals surface area contributed by atoms with Gasteiger partial charge in [0.1, 0.15) is 0 Å². The zero-order valence-corrected chi connectivity index (χ0v) is 17.9. The van der Waals surface area contributed by atoms with Crippen LogP contribution in [-0.4, -0.2) is 62.4 Å². The van der Waals surface area contributed by atoms with Crippen LogP contribution in [0.3, 0.4) is 0 Å². The zero-order chi connectivity index (χ0) is 21.8. The third-order valence-corrected chi connectivity index (χ3v) is 7.08.